The number of aliphatic hydroxyl groups is 1. The molecule has 1 amide bonds. The van der Waals surface area contributed by atoms with Gasteiger partial charge in [-0.1, -0.05) is 35.9 Å². The fourth-order valence-corrected chi connectivity index (χ4v) is 4.36. The number of carbonyl (C=O) groups excluding carboxylic acids is 2. The van der Waals surface area contributed by atoms with Crippen LogP contribution < -0.4 is 4.90 Å². The Balaban J connectivity index is 1.81. The molecule has 2 unspecified atom stereocenters. The number of amides is 1. The average molecular weight is 441 g/mol. The Morgan fingerprint density at radius 2 is 1.94 bits per heavy atom. The zero-order valence-corrected chi connectivity index (χ0v) is 18.3. The van der Waals surface area contributed by atoms with Crippen molar-refractivity contribution < 1.29 is 19.4 Å². The number of halogens is 1. The Kier molecular flexibility index (Phi) is 6.03. The third-order valence-corrected chi connectivity index (χ3v) is 6.02. The van der Waals surface area contributed by atoms with Gasteiger partial charge >= 0.3 is 0 Å². The summed E-state index contributed by atoms with van der Waals surface area (Å²) in [4.78, 5) is 29.6. The number of ketones is 1. The van der Waals surface area contributed by atoms with Crippen molar-refractivity contribution in [1.29, 1.82) is 0 Å². The van der Waals surface area contributed by atoms with Crippen LogP contribution in [-0.4, -0.2) is 55.0 Å². The predicted molar refractivity (Wildman–Crippen MR) is 120 cm³/mol. The van der Waals surface area contributed by atoms with Crippen molar-refractivity contribution in [1.82, 2.24) is 4.90 Å². The van der Waals surface area contributed by atoms with Crippen molar-refractivity contribution in [2.24, 2.45) is 0 Å². The van der Waals surface area contributed by atoms with Gasteiger partial charge in [0, 0.05) is 43.5 Å². The number of aliphatic hydroxyl groups excluding tert-OH is 1. The second kappa shape index (κ2) is 8.73. The molecule has 2 heterocycles. The third-order valence-electron chi connectivity index (χ3n) is 5.79. The van der Waals surface area contributed by atoms with Gasteiger partial charge in [0.15, 0.2) is 0 Å². The fourth-order valence-electron chi connectivity index (χ4n) is 4.17. The Bertz CT molecular complexity index is 1030. The number of carbonyl (C=O) groups is 2. The highest BCUT2D eigenvalue weighted by Gasteiger charge is 2.47. The summed E-state index contributed by atoms with van der Waals surface area (Å²) in [6, 6.07) is 13.6. The molecule has 31 heavy (non-hydrogen) atoms. The van der Waals surface area contributed by atoms with Crippen molar-refractivity contribution in [3.63, 3.8) is 0 Å². The molecule has 0 aromatic heterocycles. The molecule has 1 N–H and O–H groups in total. The third kappa shape index (κ3) is 4.18. The number of likely N-dealkylation sites (tertiary alicyclic amines) is 1. The molecule has 0 bridgehead atoms. The Morgan fingerprint density at radius 1 is 1.19 bits per heavy atom. The van der Waals surface area contributed by atoms with Crippen LogP contribution in [0.4, 0.5) is 5.69 Å². The van der Waals surface area contributed by atoms with Gasteiger partial charge in [0.2, 0.25) is 0 Å². The highest BCUT2D eigenvalue weighted by molar-refractivity contribution is 6.46. The van der Waals surface area contributed by atoms with Gasteiger partial charge in [-0.2, -0.15) is 0 Å². The fraction of sp³-hybridized carbons (Fsp3) is 0.333. The van der Waals surface area contributed by atoms with Crippen LogP contribution in [0.15, 0.2) is 54.1 Å². The average Bonchev–Trinajstić information content (AvgIpc) is 3.36. The van der Waals surface area contributed by atoms with Crippen molar-refractivity contribution in [2.45, 2.75) is 25.0 Å². The molecular formula is C24H25ClN2O4. The van der Waals surface area contributed by atoms with E-state index >= 15 is 0 Å². The lowest BCUT2D eigenvalue weighted by Crippen LogP contribution is -2.36. The van der Waals surface area contributed by atoms with Gasteiger partial charge in [-0.15, -0.1) is 0 Å². The molecule has 2 atom stereocenters. The maximum Gasteiger partial charge on any atom is 0.295 e. The Morgan fingerprint density at radius 3 is 2.55 bits per heavy atom. The van der Waals surface area contributed by atoms with Crippen molar-refractivity contribution in [3.05, 3.63) is 70.3 Å². The van der Waals surface area contributed by atoms with E-state index in [0.717, 1.165) is 24.1 Å². The van der Waals surface area contributed by atoms with E-state index in [9.17, 15) is 14.7 Å². The second-order valence-electron chi connectivity index (χ2n) is 8.08. The van der Waals surface area contributed by atoms with E-state index in [1.165, 1.54) is 4.90 Å². The van der Waals surface area contributed by atoms with Crippen LogP contribution in [0.25, 0.3) is 5.76 Å². The van der Waals surface area contributed by atoms with Crippen LogP contribution in [0, 0.1) is 0 Å². The topological polar surface area (TPSA) is 70.1 Å². The van der Waals surface area contributed by atoms with Gasteiger partial charge < -0.3 is 19.6 Å². The van der Waals surface area contributed by atoms with Crippen molar-refractivity contribution >= 4 is 34.7 Å². The molecule has 7 heteroatoms. The zero-order chi connectivity index (χ0) is 22.1. The molecule has 4 rings (SSSR count). The van der Waals surface area contributed by atoms with Gasteiger partial charge in [-0.05, 0) is 42.7 Å². The minimum atomic E-state index is -0.697. The van der Waals surface area contributed by atoms with Gasteiger partial charge in [0.25, 0.3) is 11.7 Å². The molecule has 2 aliphatic rings. The van der Waals surface area contributed by atoms with E-state index in [-0.39, 0.29) is 17.4 Å². The molecule has 2 aliphatic heterocycles. The van der Waals surface area contributed by atoms with E-state index in [2.05, 4.69) is 0 Å². The summed E-state index contributed by atoms with van der Waals surface area (Å²) in [5.74, 6) is -1.55. The molecule has 0 saturated carbocycles. The molecule has 162 valence electrons. The number of anilines is 1. The SMILES string of the molecule is CN(C)c1ccc(C2/C(=C(/O)c3cccc(Cl)c3)C(=O)C(=O)N2CC2CCCO2)cc1. The molecule has 0 spiro atoms. The Hall–Kier alpha value is -2.83. The van der Waals surface area contributed by atoms with Crippen LogP contribution in [0.5, 0.6) is 0 Å². The maximum atomic E-state index is 13.1. The predicted octanol–water partition coefficient (Wildman–Crippen LogP) is 4.01. The Labute approximate surface area is 186 Å². The number of benzene rings is 2. The molecule has 6 nitrogen and oxygen atoms in total. The number of rotatable bonds is 5. The number of hydrogen-bond donors (Lipinski definition) is 1. The monoisotopic (exact) mass is 440 g/mol. The molecule has 0 radical (unpaired) electrons. The highest BCUT2D eigenvalue weighted by Crippen LogP contribution is 2.40. The van der Waals surface area contributed by atoms with Crippen LogP contribution >= 0.6 is 11.6 Å². The first-order valence-corrected chi connectivity index (χ1v) is 10.7. The van der Waals surface area contributed by atoms with Crippen LogP contribution in [0.2, 0.25) is 5.02 Å². The zero-order valence-electron chi connectivity index (χ0n) is 17.5. The summed E-state index contributed by atoms with van der Waals surface area (Å²) in [6.07, 6.45) is 1.65. The van der Waals surface area contributed by atoms with E-state index in [1.807, 2.05) is 43.3 Å². The van der Waals surface area contributed by atoms with Gasteiger partial charge in [-0.25, -0.2) is 0 Å². The lowest BCUT2D eigenvalue weighted by Gasteiger charge is -2.28. The van der Waals surface area contributed by atoms with Gasteiger partial charge in [0.05, 0.1) is 17.7 Å². The summed E-state index contributed by atoms with van der Waals surface area (Å²) in [5, 5.41) is 11.5. The summed E-state index contributed by atoms with van der Waals surface area (Å²) in [5.41, 5.74) is 2.22. The standard InChI is InChI=1S/C24H25ClN2O4/c1-26(2)18-10-8-15(9-11-18)21-20(22(28)16-5-3-6-17(25)13-16)23(29)24(30)27(21)14-19-7-4-12-31-19/h3,5-6,8-11,13,19,21,28H,4,7,12,14H2,1-2H3/b22-20-. The van der Waals surface area contributed by atoms with Crippen LogP contribution in [-0.2, 0) is 14.3 Å². The minimum Gasteiger partial charge on any atom is -0.507 e. The summed E-state index contributed by atoms with van der Waals surface area (Å²) >= 11 is 6.09. The van der Waals surface area contributed by atoms with Crippen molar-refractivity contribution in [2.75, 3.05) is 32.1 Å². The second-order valence-corrected chi connectivity index (χ2v) is 8.52. The molecule has 2 aromatic carbocycles. The van der Waals surface area contributed by atoms with Crippen LogP contribution in [0.1, 0.15) is 30.0 Å². The summed E-state index contributed by atoms with van der Waals surface area (Å²) in [6.45, 7) is 0.955. The largest absolute Gasteiger partial charge is 0.507 e. The lowest BCUT2D eigenvalue weighted by molar-refractivity contribution is -0.140. The maximum absolute atomic E-state index is 13.1. The highest BCUT2D eigenvalue weighted by atomic mass is 35.5. The van der Waals surface area contributed by atoms with E-state index in [4.69, 9.17) is 16.3 Å². The van der Waals surface area contributed by atoms with Crippen molar-refractivity contribution in [3.8, 4) is 0 Å². The van der Waals surface area contributed by atoms with Gasteiger partial charge in [0.1, 0.15) is 5.76 Å². The minimum absolute atomic E-state index is 0.0721. The molecule has 2 fully saturated rings. The number of nitrogens with zero attached hydrogens (tertiary/aromatic N) is 2. The quantitative estimate of drug-likeness (QED) is 0.432. The van der Waals surface area contributed by atoms with E-state index in [1.54, 1.807) is 24.3 Å². The first-order chi connectivity index (χ1) is 14.9. The normalized spacial score (nSPS) is 22.9. The summed E-state index contributed by atoms with van der Waals surface area (Å²) in [7, 11) is 3.88. The first-order valence-electron chi connectivity index (χ1n) is 10.3. The first kappa shape index (κ1) is 21.4. The summed E-state index contributed by atoms with van der Waals surface area (Å²) < 4.78 is 5.72. The van der Waals surface area contributed by atoms with Gasteiger partial charge in [-0.3, -0.25) is 9.59 Å². The van der Waals surface area contributed by atoms with E-state index < -0.39 is 17.7 Å². The molecular weight excluding hydrogens is 416 g/mol. The van der Waals surface area contributed by atoms with E-state index in [0.29, 0.717) is 23.7 Å². The lowest BCUT2D eigenvalue weighted by atomic mass is 9.95. The number of hydrogen-bond acceptors (Lipinski definition) is 5. The molecule has 2 aromatic rings. The molecule has 2 saturated heterocycles. The van der Waals surface area contributed by atoms with Crippen LogP contribution in [0.3, 0.4) is 0 Å². The smallest absolute Gasteiger partial charge is 0.295 e. The molecule has 0 aliphatic carbocycles. The number of Topliss-reactive ketones (excluding diaryl/α,β-unsaturated/α-hetero) is 1. The number of ether oxygens (including phenoxy) is 1.